The summed E-state index contributed by atoms with van der Waals surface area (Å²) < 4.78 is 0. The van der Waals surface area contributed by atoms with Crippen LogP contribution in [0.2, 0.25) is 0 Å². The van der Waals surface area contributed by atoms with E-state index in [1.807, 2.05) is 0 Å². The minimum absolute atomic E-state index is 0.918. The third-order valence-electron chi connectivity index (χ3n) is 6.03. The van der Waals surface area contributed by atoms with Crippen molar-refractivity contribution in [1.82, 2.24) is 15.1 Å². The molecule has 0 radical (unpaired) electrons. The second-order valence-corrected chi connectivity index (χ2v) is 7.76. The fraction of sp³-hybridized carbons (Fsp3) is 0.714. The molecule has 2 aliphatic rings. The largest absolute Gasteiger partial charge is 0.369 e. The molecule has 1 aromatic rings. The third kappa shape index (κ3) is 5.44. The van der Waals surface area contributed by atoms with E-state index in [2.05, 4.69) is 58.3 Å². The van der Waals surface area contributed by atoms with E-state index in [1.165, 1.54) is 63.2 Å². The van der Waals surface area contributed by atoms with Gasteiger partial charge < -0.3 is 20.0 Å². The van der Waals surface area contributed by atoms with E-state index in [1.54, 1.807) is 0 Å². The van der Waals surface area contributed by atoms with Crippen molar-refractivity contribution in [3.63, 3.8) is 0 Å². The minimum Gasteiger partial charge on any atom is -0.369 e. The fourth-order valence-corrected chi connectivity index (χ4v) is 4.15. The lowest BCUT2D eigenvalue weighted by atomic mass is 9.94. The highest BCUT2D eigenvalue weighted by atomic mass is 15.3. The number of rotatable bonds is 7. The van der Waals surface area contributed by atoms with Gasteiger partial charge in [-0.15, -0.1) is 0 Å². The Bertz CT molecular complexity index is 502. The molecule has 0 spiro atoms. The number of hydrogen-bond acceptors (Lipinski definition) is 4. The number of piperazine rings is 1. The first-order valence-electron chi connectivity index (χ1n) is 10.2. The zero-order valence-corrected chi connectivity index (χ0v) is 16.2. The van der Waals surface area contributed by atoms with E-state index >= 15 is 0 Å². The highest BCUT2D eigenvalue weighted by Crippen LogP contribution is 2.22. The molecule has 0 atom stereocenters. The van der Waals surface area contributed by atoms with Gasteiger partial charge in [0, 0.05) is 38.4 Å². The molecule has 4 heteroatoms. The Morgan fingerprint density at radius 3 is 2.44 bits per heavy atom. The Morgan fingerprint density at radius 2 is 1.72 bits per heavy atom. The molecule has 0 aromatic heterocycles. The molecule has 0 bridgehead atoms. The summed E-state index contributed by atoms with van der Waals surface area (Å²) in [4.78, 5) is 7.57. The Labute approximate surface area is 154 Å². The van der Waals surface area contributed by atoms with Gasteiger partial charge in [0.1, 0.15) is 0 Å². The number of para-hydroxylation sites is 1. The molecule has 3 rings (SSSR count). The molecule has 1 aromatic carbocycles. The van der Waals surface area contributed by atoms with Crippen LogP contribution in [-0.2, 0) is 6.54 Å². The molecular formula is C21H36N4. The summed E-state index contributed by atoms with van der Waals surface area (Å²) in [5, 5.41) is 3.71. The number of nitrogens with zero attached hydrogens (tertiary/aromatic N) is 3. The molecule has 0 saturated carbocycles. The van der Waals surface area contributed by atoms with Crippen molar-refractivity contribution in [2.75, 3.05) is 64.3 Å². The summed E-state index contributed by atoms with van der Waals surface area (Å²) in [6.07, 6.45) is 4.07. The van der Waals surface area contributed by atoms with Gasteiger partial charge in [-0.1, -0.05) is 25.1 Å². The standard InChI is InChI=1S/C21H36N4/c1-3-24-14-16-25(17-15-24)21-7-5-4-6-20(21)18-22-11-8-19-9-12-23(2)13-10-19/h4-7,19,22H,3,8-18H2,1-2H3. The van der Waals surface area contributed by atoms with Gasteiger partial charge in [0.05, 0.1) is 0 Å². The predicted molar refractivity (Wildman–Crippen MR) is 107 cm³/mol. The minimum atomic E-state index is 0.918. The molecule has 0 amide bonds. The van der Waals surface area contributed by atoms with Crippen LogP contribution in [0.4, 0.5) is 5.69 Å². The van der Waals surface area contributed by atoms with E-state index in [9.17, 15) is 0 Å². The van der Waals surface area contributed by atoms with E-state index in [0.717, 1.165) is 32.1 Å². The lowest BCUT2D eigenvalue weighted by Gasteiger charge is -2.36. The summed E-state index contributed by atoms with van der Waals surface area (Å²) >= 11 is 0. The monoisotopic (exact) mass is 344 g/mol. The maximum absolute atomic E-state index is 3.71. The van der Waals surface area contributed by atoms with Crippen molar-refractivity contribution in [3.8, 4) is 0 Å². The van der Waals surface area contributed by atoms with Gasteiger partial charge in [0.2, 0.25) is 0 Å². The first-order chi connectivity index (χ1) is 12.3. The number of hydrogen-bond donors (Lipinski definition) is 1. The average molecular weight is 345 g/mol. The quantitative estimate of drug-likeness (QED) is 0.768. The molecule has 0 aliphatic carbocycles. The highest BCUT2D eigenvalue weighted by molar-refractivity contribution is 5.54. The van der Waals surface area contributed by atoms with Crippen molar-refractivity contribution in [2.45, 2.75) is 32.7 Å². The second kappa shape index (κ2) is 9.56. The first kappa shape index (κ1) is 18.7. The topological polar surface area (TPSA) is 21.8 Å². The van der Waals surface area contributed by atoms with Crippen LogP contribution in [0, 0.1) is 5.92 Å². The maximum atomic E-state index is 3.71. The van der Waals surface area contributed by atoms with Crippen molar-refractivity contribution in [3.05, 3.63) is 29.8 Å². The average Bonchev–Trinajstić information content (AvgIpc) is 2.67. The third-order valence-corrected chi connectivity index (χ3v) is 6.03. The lowest BCUT2D eigenvalue weighted by molar-refractivity contribution is 0.211. The van der Waals surface area contributed by atoms with Crippen molar-refractivity contribution < 1.29 is 0 Å². The Kier molecular flexibility index (Phi) is 7.14. The molecule has 0 unspecified atom stereocenters. The number of anilines is 1. The van der Waals surface area contributed by atoms with Crippen LogP contribution in [-0.4, -0.2) is 69.2 Å². The van der Waals surface area contributed by atoms with Crippen LogP contribution in [0.5, 0.6) is 0 Å². The Morgan fingerprint density at radius 1 is 1.00 bits per heavy atom. The van der Waals surface area contributed by atoms with Gasteiger partial charge in [-0.25, -0.2) is 0 Å². The zero-order chi connectivity index (χ0) is 17.5. The Hall–Kier alpha value is -1.10. The number of likely N-dealkylation sites (N-methyl/N-ethyl adjacent to an activating group) is 1. The molecule has 2 saturated heterocycles. The molecule has 4 nitrogen and oxygen atoms in total. The SMILES string of the molecule is CCN1CCN(c2ccccc2CNCCC2CCN(C)CC2)CC1. The molecule has 140 valence electrons. The summed E-state index contributed by atoms with van der Waals surface area (Å²) in [6, 6.07) is 8.96. The molecule has 25 heavy (non-hydrogen) atoms. The second-order valence-electron chi connectivity index (χ2n) is 7.76. The van der Waals surface area contributed by atoms with Crippen molar-refractivity contribution in [1.29, 1.82) is 0 Å². The highest BCUT2D eigenvalue weighted by Gasteiger charge is 2.18. The van der Waals surface area contributed by atoms with Crippen LogP contribution in [0.25, 0.3) is 0 Å². The van der Waals surface area contributed by atoms with Gasteiger partial charge in [-0.05, 0) is 70.0 Å². The van der Waals surface area contributed by atoms with Gasteiger partial charge >= 0.3 is 0 Å². The zero-order valence-electron chi connectivity index (χ0n) is 16.2. The van der Waals surface area contributed by atoms with E-state index < -0.39 is 0 Å². The van der Waals surface area contributed by atoms with Gasteiger partial charge in [0.15, 0.2) is 0 Å². The van der Waals surface area contributed by atoms with E-state index in [0.29, 0.717) is 0 Å². The summed E-state index contributed by atoms with van der Waals surface area (Å²) in [6.45, 7) is 12.8. The normalized spacial score (nSPS) is 21.0. The molecule has 2 heterocycles. The molecular weight excluding hydrogens is 308 g/mol. The van der Waals surface area contributed by atoms with Crippen LogP contribution >= 0.6 is 0 Å². The number of benzene rings is 1. The van der Waals surface area contributed by atoms with Crippen LogP contribution in [0.3, 0.4) is 0 Å². The van der Waals surface area contributed by atoms with Crippen LogP contribution < -0.4 is 10.2 Å². The summed E-state index contributed by atoms with van der Waals surface area (Å²) in [7, 11) is 2.24. The predicted octanol–water partition coefficient (Wildman–Crippen LogP) is 2.65. The van der Waals surface area contributed by atoms with Crippen LogP contribution in [0.15, 0.2) is 24.3 Å². The van der Waals surface area contributed by atoms with Crippen molar-refractivity contribution >= 4 is 5.69 Å². The number of piperidine rings is 1. The molecule has 2 fully saturated rings. The van der Waals surface area contributed by atoms with Crippen LogP contribution in [0.1, 0.15) is 31.7 Å². The summed E-state index contributed by atoms with van der Waals surface area (Å²) in [5.74, 6) is 0.918. The van der Waals surface area contributed by atoms with Gasteiger partial charge in [-0.2, -0.15) is 0 Å². The number of likely N-dealkylation sites (tertiary alicyclic amines) is 1. The molecule has 1 N–H and O–H groups in total. The first-order valence-corrected chi connectivity index (χ1v) is 10.2. The lowest BCUT2D eigenvalue weighted by Crippen LogP contribution is -2.46. The smallest absolute Gasteiger partial charge is 0.0412 e. The van der Waals surface area contributed by atoms with E-state index in [4.69, 9.17) is 0 Å². The molecule has 2 aliphatic heterocycles. The van der Waals surface area contributed by atoms with Gasteiger partial charge in [-0.3, -0.25) is 0 Å². The van der Waals surface area contributed by atoms with E-state index in [-0.39, 0.29) is 0 Å². The fourth-order valence-electron chi connectivity index (χ4n) is 4.15. The maximum Gasteiger partial charge on any atom is 0.0412 e. The van der Waals surface area contributed by atoms with Gasteiger partial charge in [0.25, 0.3) is 0 Å². The number of nitrogens with one attached hydrogen (secondary N) is 1. The van der Waals surface area contributed by atoms with Crippen molar-refractivity contribution in [2.24, 2.45) is 5.92 Å². The Balaban J connectivity index is 1.45. The summed E-state index contributed by atoms with van der Waals surface area (Å²) in [5.41, 5.74) is 2.89.